The number of halogens is 3. The fraction of sp³-hybridized carbons (Fsp3) is 0.324. The van der Waals surface area contributed by atoms with Crippen LogP contribution in [0.3, 0.4) is 0 Å². The Balaban J connectivity index is 0.000000204. The monoisotopic (exact) mass is 720 g/mol. The van der Waals surface area contributed by atoms with E-state index < -0.39 is 81.9 Å². The first-order valence-electron chi connectivity index (χ1n) is 15.0. The van der Waals surface area contributed by atoms with E-state index in [4.69, 9.17) is 9.47 Å². The molecule has 3 aromatic rings. The lowest BCUT2D eigenvalue weighted by Gasteiger charge is -2.31. The molecule has 0 aromatic heterocycles. The molecule has 260 valence electrons. The molecule has 1 heterocycles. The van der Waals surface area contributed by atoms with Crippen LogP contribution in [0.4, 0.5) is 13.2 Å². The van der Waals surface area contributed by atoms with Crippen LogP contribution in [0.2, 0.25) is 0 Å². The number of alkyl halides is 3. The number of hydrogen-bond donors (Lipinski definition) is 1. The highest BCUT2D eigenvalue weighted by molar-refractivity contribution is 7.97. The second-order valence-corrected chi connectivity index (χ2v) is 15.3. The Morgan fingerprint density at radius 1 is 0.980 bits per heavy atom. The van der Waals surface area contributed by atoms with Crippen molar-refractivity contribution in [2.24, 2.45) is 23.7 Å². The first kappa shape index (κ1) is 36.0. The average molecular weight is 721 g/mol. The quantitative estimate of drug-likeness (QED) is 0.107. The van der Waals surface area contributed by atoms with Gasteiger partial charge in [-0.15, -0.1) is 0 Å². The van der Waals surface area contributed by atoms with E-state index >= 15 is 0 Å². The molecular weight excluding hydrogens is 689 g/mol. The van der Waals surface area contributed by atoms with Crippen LogP contribution in [0.25, 0.3) is 0 Å². The van der Waals surface area contributed by atoms with Crippen LogP contribution in [0.1, 0.15) is 13.3 Å². The van der Waals surface area contributed by atoms with Gasteiger partial charge in [0.1, 0.15) is 18.0 Å². The molecule has 2 saturated carbocycles. The summed E-state index contributed by atoms with van der Waals surface area (Å²) >= 11 is 0. The number of rotatable bonds is 9. The Morgan fingerprint density at radius 3 is 2.00 bits per heavy atom. The Kier molecular flexibility index (Phi) is 10.5. The number of benzene rings is 3. The van der Waals surface area contributed by atoms with Gasteiger partial charge in [-0.2, -0.15) is 13.2 Å². The number of esters is 3. The van der Waals surface area contributed by atoms with Crippen LogP contribution in [0, 0.1) is 23.7 Å². The number of phenolic OH excluding ortho intramolecular Hbond substituents is 1. The van der Waals surface area contributed by atoms with Crippen LogP contribution in [-0.4, -0.2) is 66.2 Å². The summed E-state index contributed by atoms with van der Waals surface area (Å²) in [7, 11) is -5.50. The van der Waals surface area contributed by atoms with Crippen LogP contribution < -0.4 is 0 Å². The van der Waals surface area contributed by atoms with Crippen LogP contribution in [0.5, 0.6) is 5.75 Å². The highest BCUT2D eigenvalue weighted by Crippen LogP contribution is 2.59. The van der Waals surface area contributed by atoms with Crippen molar-refractivity contribution in [2.45, 2.75) is 52.5 Å². The molecule has 2 bridgehead atoms. The number of carbonyl (C=O) groups excluding carboxylic acids is 3. The summed E-state index contributed by atoms with van der Waals surface area (Å²) in [6, 6.07) is 28.5. The van der Waals surface area contributed by atoms with Gasteiger partial charge in [0.05, 0.1) is 38.6 Å². The summed E-state index contributed by atoms with van der Waals surface area (Å²) in [6.45, 7) is 4.77. The standard InChI is InChI=1S/C18H14OS.C16H17F3O9S/c19-15-11-13-18(14-12-15)20(16-7-3-1-4-8-16)17-9-5-2-6-10-17;1-5(2)13(20)27-11-6-3-7-10(15(22)28-12(7)11)9(6)14(21)26-8(16(17,18)19)4-29(23,24)25/h1-14H;6-12H,1,3-4H2,2H3,(H,23,24,25). The van der Waals surface area contributed by atoms with Crippen molar-refractivity contribution in [3.05, 3.63) is 97.1 Å². The molecule has 6 rings (SSSR count). The Bertz CT molecular complexity index is 1760. The van der Waals surface area contributed by atoms with Gasteiger partial charge in [-0.25, -0.2) is 13.2 Å². The summed E-state index contributed by atoms with van der Waals surface area (Å²) in [5.41, 5.74) is 0.0329. The summed E-state index contributed by atoms with van der Waals surface area (Å²) in [4.78, 5) is 40.2. The van der Waals surface area contributed by atoms with E-state index in [9.17, 15) is 45.6 Å². The third-order valence-corrected chi connectivity index (χ3v) is 11.4. The van der Waals surface area contributed by atoms with E-state index in [1.807, 2.05) is 24.3 Å². The van der Waals surface area contributed by atoms with Crippen LogP contribution >= 0.6 is 0 Å². The lowest BCUT2D eigenvalue weighted by atomic mass is 9.78. The summed E-state index contributed by atoms with van der Waals surface area (Å²) < 4.78 is 86.0. The van der Waals surface area contributed by atoms with Crippen LogP contribution in [-0.2, 0) is 49.6 Å². The third-order valence-electron chi connectivity index (χ3n) is 8.42. The fourth-order valence-corrected chi connectivity index (χ4v) is 9.11. The molecule has 7 unspecified atom stereocenters. The lowest BCUT2D eigenvalue weighted by Crippen LogP contribution is -2.47. The van der Waals surface area contributed by atoms with E-state index in [0.717, 1.165) is 0 Å². The van der Waals surface area contributed by atoms with E-state index in [1.54, 1.807) is 12.1 Å². The first-order valence-corrected chi connectivity index (χ1v) is 17.8. The molecule has 2 aliphatic carbocycles. The second-order valence-electron chi connectivity index (χ2n) is 11.8. The largest absolute Gasteiger partial charge is 0.748 e. The summed E-state index contributed by atoms with van der Waals surface area (Å²) in [5.74, 6) is -8.76. The molecule has 7 atom stereocenters. The lowest BCUT2D eigenvalue weighted by molar-refractivity contribution is -0.219. The van der Waals surface area contributed by atoms with Gasteiger partial charge in [0.25, 0.3) is 0 Å². The van der Waals surface area contributed by atoms with Gasteiger partial charge in [-0.05, 0) is 61.9 Å². The Hall–Kier alpha value is -4.34. The normalized spacial score (nSPS) is 24.4. The van der Waals surface area contributed by atoms with Crippen molar-refractivity contribution in [3.63, 3.8) is 0 Å². The van der Waals surface area contributed by atoms with Crippen molar-refractivity contribution in [2.75, 3.05) is 5.75 Å². The molecular formula is C34H31F3O10S2. The predicted octanol–water partition coefficient (Wildman–Crippen LogP) is 4.79. The highest BCUT2D eigenvalue weighted by Gasteiger charge is 2.70. The topological polar surface area (TPSA) is 156 Å². The molecule has 49 heavy (non-hydrogen) atoms. The number of phenols is 1. The average Bonchev–Trinajstić information content (AvgIpc) is 3.66. The van der Waals surface area contributed by atoms with E-state index in [0.29, 0.717) is 5.75 Å². The van der Waals surface area contributed by atoms with Gasteiger partial charge in [-0.1, -0.05) is 43.0 Å². The van der Waals surface area contributed by atoms with Gasteiger partial charge in [0.15, 0.2) is 14.7 Å². The van der Waals surface area contributed by atoms with Gasteiger partial charge < -0.3 is 23.9 Å². The minimum atomic E-state index is -5.36. The van der Waals surface area contributed by atoms with Crippen LogP contribution in [0.15, 0.2) is 112 Å². The maximum absolute atomic E-state index is 13.0. The molecule has 1 N–H and O–H groups in total. The number of aromatic hydroxyl groups is 1. The summed E-state index contributed by atoms with van der Waals surface area (Å²) in [6.07, 6.45) is -10.2. The van der Waals surface area contributed by atoms with E-state index in [1.165, 1.54) is 21.6 Å². The Morgan fingerprint density at radius 2 is 1.51 bits per heavy atom. The molecule has 10 nitrogen and oxygen atoms in total. The summed E-state index contributed by atoms with van der Waals surface area (Å²) in [5, 5.41) is 9.48. The molecule has 0 spiro atoms. The zero-order valence-corrected chi connectivity index (χ0v) is 27.5. The van der Waals surface area contributed by atoms with Gasteiger partial charge in [0.2, 0.25) is 6.10 Å². The minimum Gasteiger partial charge on any atom is -0.748 e. The second kappa shape index (κ2) is 14.3. The van der Waals surface area contributed by atoms with Crippen molar-refractivity contribution in [1.82, 2.24) is 0 Å². The third kappa shape index (κ3) is 8.11. The minimum absolute atomic E-state index is 0.0329. The molecule has 1 saturated heterocycles. The zero-order valence-electron chi connectivity index (χ0n) is 25.8. The first-order chi connectivity index (χ1) is 23.0. The van der Waals surface area contributed by atoms with E-state index in [2.05, 4.69) is 59.8 Å². The predicted molar refractivity (Wildman–Crippen MR) is 167 cm³/mol. The number of ether oxygens (including phenoxy) is 3. The van der Waals surface area contributed by atoms with Gasteiger partial charge >= 0.3 is 24.1 Å². The molecule has 0 amide bonds. The number of hydrogen-bond acceptors (Lipinski definition) is 10. The van der Waals surface area contributed by atoms with Crippen molar-refractivity contribution in [1.29, 1.82) is 0 Å². The van der Waals surface area contributed by atoms with E-state index in [-0.39, 0.29) is 22.9 Å². The molecule has 3 fully saturated rings. The maximum atomic E-state index is 13.0. The maximum Gasteiger partial charge on any atom is 0.426 e. The molecule has 3 aliphatic rings. The van der Waals surface area contributed by atoms with Gasteiger partial charge in [0, 0.05) is 17.4 Å². The SMILES string of the molecule is C=C(C)C(=O)OC1C2CC3C1OC(=O)C3C2C(=O)OC(CS(=O)(=O)[O-])C(F)(F)F.Oc1ccc([S+](c2ccccc2)c2ccccc2)cc1. The van der Waals surface area contributed by atoms with Crippen molar-refractivity contribution < 1.29 is 59.8 Å². The smallest absolute Gasteiger partial charge is 0.426 e. The fourth-order valence-electron chi connectivity index (χ4n) is 6.40. The van der Waals surface area contributed by atoms with Crippen molar-refractivity contribution in [3.8, 4) is 5.75 Å². The molecule has 1 aliphatic heterocycles. The highest BCUT2D eigenvalue weighted by atomic mass is 32.2. The molecule has 3 aromatic carbocycles. The zero-order chi connectivity index (χ0) is 35.7. The Labute approximate surface area is 283 Å². The number of carbonyl (C=O) groups is 3. The van der Waals surface area contributed by atoms with Crippen molar-refractivity contribution >= 4 is 38.9 Å². The molecule has 0 radical (unpaired) electrons. The van der Waals surface area contributed by atoms with Gasteiger partial charge in [-0.3, -0.25) is 9.59 Å². The number of fused-ring (bicyclic) bond motifs is 1. The molecule has 15 heteroatoms.